The minimum absolute atomic E-state index is 0.000134. The Labute approximate surface area is 175 Å². The maximum atomic E-state index is 12.9. The summed E-state index contributed by atoms with van der Waals surface area (Å²) in [5.74, 6) is 1.97. The summed E-state index contributed by atoms with van der Waals surface area (Å²) >= 11 is 1.76. The molecule has 2 aromatic heterocycles. The Balaban J connectivity index is 1.30. The first-order valence-electron chi connectivity index (χ1n) is 10.7. The number of carbonyl (C=O) groups is 1. The molecule has 0 radical (unpaired) electrons. The number of fused-ring (bicyclic) bond motifs is 1. The van der Waals surface area contributed by atoms with E-state index in [9.17, 15) is 9.59 Å². The van der Waals surface area contributed by atoms with Gasteiger partial charge in [0.25, 0.3) is 5.56 Å². The van der Waals surface area contributed by atoms with E-state index in [1.54, 1.807) is 11.3 Å². The summed E-state index contributed by atoms with van der Waals surface area (Å²) in [5, 5.41) is 2.09. The number of hydrogen-bond donors (Lipinski definition) is 1. The fourth-order valence-electron chi connectivity index (χ4n) is 4.75. The molecule has 1 amide bonds. The van der Waals surface area contributed by atoms with Crippen molar-refractivity contribution in [3.63, 3.8) is 0 Å². The molecular weight excluding hydrogens is 384 g/mol. The van der Waals surface area contributed by atoms with Crippen LogP contribution in [0.25, 0.3) is 0 Å². The SMILES string of the molecule is C[C@@H]1C[C@@H]1C(=O)N1CCC[C@@H](c2nc3c(c(=O)[nH]2)CN(Cc2cccs2)CC3)C1. The molecule has 6 nitrogen and oxygen atoms in total. The first-order chi connectivity index (χ1) is 14.1. The Morgan fingerprint density at radius 1 is 1.38 bits per heavy atom. The van der Waals surface area contributed by atoms with Gasteiger partial charge in [0, 0.05) is 55.9 Å². The topological polar surface area (TPSA) is 69.3 Å². The van der Waals surface area contributed by atoms with Crippen molar-refractivity contribution in [2.24, 2.45) is 11.8 Å². The molecule has 154 valence electrons. The number of carbonyl (C=O) groups excluding carboxylic acids is 1. The lowest BCUT2D eigenvalue weighted by atomic mass is 9.96. The van der Waals surface area contributed by atoms with Crippen LogP contribution in [0.5, 0.6) is 0 Å². The smallest absolute Gasteiger partial charge is 0.255 e. The zero-order chi connectivity index (χ0) is 20.0. The fraction of sp³-hybridized carbons (Fsp3) is 0.591. The molecule has 0 aromatic carbocycles. The predicted octanol–water partition coefficient (Wildman–Crippen LogP) is 2.75. The molecule has 2 aromatic rings. The molecule has 0 spiro atoms. The van der Waals surface area contributed by atoms with Gasteiger partial charge in [-0.2, -0.15) is 0 Å². The lowest BCUT2D eigenvalue weighted by Gasteiger charge is -2.33. The Kier molecular flexibility index (Phi) is 5.04. The average molecular weight is 413 g/mol. The molecule has 4 heterocycles. The second-order valence-electron chi connectivity index (χ2n) is 8.86. The van der Waals surface area contributed by atoms with Crippen LogP contribution in [0.15, 0.2) is 22.3 Å². The third kappa shape index (κ3) is 3.90. The van der Waals surface area contributed by atoms with E-state index in [4.69, 9.17) is 4.98 Å². The molecule has 1 saturated heterocycles. The highest BCUT2D eigenvalue weighted by molar-refractivity contribution is 7.09. The molecule has 5 rings (SSSR count). The Hall–Kier alpha value is -1.99. The van der Waals surface area contributed by atoms with E-state index < -0.39 is 0 Å². The van der Waals surface area contributed by atoms with Crippen molar-refractivity contribution < 1.29 is 4.79 Å². The maximum Gasteiger partial charge on any atom is 0.255 e. The van der Waals surface area contributed by atoms with Gasteiger partial charge in [-0.25, -0.2) is 4.98 Å². The highest BCUT2D eigenvalue weighted by Crippen LogP contribution is 2.40. The van der Waals surface area contributed by atoms with Gasteiger partial charge in [-0.3, -0.25) is 14.5 Å². The number of hydrogen-bond acceptors (Lipinski definition) is 5. The van der Waals surface area contributed by atoms with E-state index in [1.807, 2.05) is 4.90 Å². The lowest BCUT2D eigenvalue weighted by Crippen LogP contribution is -2.41. The largest absolute Gasteiger partial charge is 0.342 e. The Morgan fingerprint density at radius 3 is 3.00 bits per heavy atom. The van der Waals surface area contributed by atoms with Gasteiger partial charge in [0.1, 0.15) is 5.82 Å². The summed E-state index contributed by atoms with van der Waals surface area (Å²) < 4.78 is 0. The highest BCUT2D eigenvalue weighted by atomic mass is 32.1. The van der Waals surface area contributed by atoms with Crippen LogP contribution in [0, 0.1) is 11.8 Å². The van der Waals surface area contributed by atoms with Gasteiger partial charge in [0.05, 0.1) is 11.3 Å². The first-order valence-corrected chi connectivity index (χ1v) is 11.6. The number of thiophene rings is 1. The van der Waals surface area contributed by atoms with Crippen molar-refractivity contribution in [1.82, 2.24) is 19.8 Å². The van der Waals surface area contributed by atoms with E-state index in [1.165, 1.54) is 4.88 Å². The average Bonchev–Trinajstić information content (AvgIpc) is 3.24. The van der Waals surface area contributed by atoms with Crippen LogP contribution >= 0.6 is 11.3 Å². The van der Waals surface area contributed by atoms with Crippen molar-refractivity contribution in [3.8, 4) is 0 Å². The van der Waals surface area contributed by atoms with Crippen molar-refractivity contribution in [2.75, 3.05) is 19.6 Å². The standard InChI is InChI=1S/C22H28N4O2S/c1-14-10-17(14)22(28)26-7-2-4-15(11-26)20-23-19-6-8-25(12-16-5-3-9-29-16)13-18(19)21(27)24-20/h3,5,9,14-15,17H,2,4,6-8,10-13H2,1H3,(H,23,24,27)/t14-,15-,17+/m1/s1. The molecule has 1 aliphatic carbocycles. The lowest BCUT2D eigenvalue weighted by molar-refractivity contribution is -0.134. The van der Waals surface area contributed by atoms with Crippen molar-refractivity contribution >= 4 is 17.2 Å². The van der Waals surface area contributed by atoms with Crippen molar-refractivity contribution in [3.05, 3.63) is 49.8 Å². The molecule has 2 aliphatic heterocycles. The summed E-state index contributed by atoms with van der Waals surface area (Å²) in [5.41, 5.74) is 1.76. The van der Waals surface area contributed by atoms with E-state index in [0.29, 0.717) is 24.9 Å². The van der Waals surface area contributed by atoms with Gasteiger partial charge in [-0.05, 0) is 36.6 Å². The molecular formula is C22H28N4O2S. The molecule has 2 fully saturated rings. The van der Waals surface area contributed by atoms with Gasteiger partial charge in [-0.15, -0.1) is 11.3 Å². The van der Waals surface area contributed by atoms with Gasteiger partial charge in [-0.1, -0.05) is 13.0 Å². The summed E-state index contributed by atoms with van der Waals surface area (Å²) in [6, 6.07) is 4.21. The normalized spacial score (nSPS) is 26.9. The van der Waals surface area contributed by atoms with Gasteiger partial charge in [0.2, 0.25) is 5.91 Å². The number of amides is 1. The Morgan fingerprint density at radius 2 is 2.24 bits per heavy atom. The van der Waals surface area contributed by atoms with Crippen molar-refractivity contribution in [2.45, 2.75) is 51.6 Å². The number of rotatable bonds is 4. The third-order valence-electron chi connectivity index (χ3n) is 6.67. The summed E-state index contributed by atoms with van der Waals surface area (Å²) in [4.78, 5) is 39.1. The predicted molar refractivity (Wildman–Crippen MR) is 113 cm³/mol. The first kappa shape index (κ1) is 19.0. The molecule has 0 bridgehead atoms. The van der Waals surface area contributed by atoms with Crippen molar-refractivity contribution in [1.29, 1.82) is 0 Å². The van der Waals surface area contributed by atoms with Crippen LogP contribution in [-0.2, 0) is 24.3 Å². The number of nitrogens with one attached hydrogen (secondary N) is 1. The Bertz CT molecular complexity index is 954. The van der Waals surface area contributed by atoms with Crippen LogP contribution in [-0.4, -0.2) is 45.3 Å². The molecule has 3 atom stereocenters. The quantitative estimate of drug-likeness (QED) is 0.838. The summed E-state index contributed by atoms with van der Waals surface area (Å²) in [6.45, 7) is 6.14. The molecule has 29 heavy (non-hydrogen) atoms. The van der Waals surface area contributed by atoms with Crippen LogP contribution in [0.4, 0.5) is 0 Å². The molecule has 0 unspecified atom stereocenters. The van der Waals surface area contributed by atoms with Crippen LogP contribution in [0.3, 0.4) is 0 Å². The molecule has 7 heteroatoms. The number of aromatic nitrogens is 2. The number of nitrogens with zero attached hydrogens (tertiary/aromatic N) is 3. The van der Waals surface area contributed by atoms with E-state index in [2.05, 4.69) is 34.3 Å². The van der Waals surface area contributed by atoms with Gasteiger partial charge >= 0.3 is 0 Å². The summed E-state index contributed by atoms with van der Waals surface area (Å²) in [6.07, 6.45) is 3.80. The number of piperidine rings is 1. The van der Waals surface area contributed by atoms with E-state index >= 15 is 0 Å². The third-order valence-corrected chi connectivity index (χ3v) is 7.53. The van der Waals surface area contributed by atoms with Crippen LogP contribution < -0.4 is 5.56 Å². The molecule has 3 aliphatic rings. The second kappa shape index (κ2) is 7.69. The number of aromatic amines is 1. The van der Waals surface area contributed by atoms with Gasteiger partial charge in [0.15, 0.2) is 0 Å². The highest BCUT2D eigenvalue weighted by Gasteiger charge is 2.42. The zero-order valence-corrected chi connectivity index (χ0v) is 17.7. The molecule has 1 saturated carbocycles. The second-order valence-corrected chi connectivity index (χ2v) is 9.89. The minimum atomic E-state index is 0.000134. The van der Waals surface area contributed by atoms with E-state index in [-0.39, 0.29) is 17.4 Å². The number of H-pyrrole nitrogens is 1. The van der Waals surface area contributed by atoms with E-state index in [0.717, 1.165) is 62.4 Å². The van der Waals surface area contributed by atoms with Crippen LogP contribution in [0.1, 0.15) is 54.1 Å². The maximum absolute atomic E-state index is 12.9. The van der Waals surface area contributed by atoms with Crippen LogP contribution in [0.2, 0.25) is 0 Å². The fourth-order valence-corrected chi connectivity index (χ4v) is 5.50. The van der Waals surface area contributed by atoms with Gasteiger partial charge < -0.3 is 9.88 Å². The number of likely N-dealkylation sites (tertiary alicyclic amines) is 1. The summed E-state index contributed by atoms with van der Waals surface area (Å²) in [7, 11) is 0. The minimum Gasteiger partial charge on any atom is -0.342 e. The molecule has 1 N–H and O–H groups in total. The monoisotopic (exact) mass is 412 g/mol. The zero-order valence-electron chi connectivity index (χ0n) is 16.9.